The van der Waals surface area contributed by atoms with Gasteiger partial charge in [0, 0.05) is 42.8 Å². The lowest BCUT2D eigenvalue weighted by molar-refractivity contribution is -0.174. The molecule has 2 heterocycles. The third kappa shape index (κ3) is 4.07. The molecule has 0 bridgehead atoms. The Bertz CT molecular complexity index is 762. The molecule has 0 saturated carbocycles. The molecule has 26 heavy (non-hydrogen) atoms. The molecule has 0 aliphatic carbocycles. The number of carbonyl (C=O) groups is 2. The van der Waals surface area contributed by atoms with Crippen molar-refractivity contribution in [1.82, 2.24) is 14.8 Å². The van der Waals surface area contributed by atoms with E-state index in [9.17, 15) is 22.8 Å². The van der Waals surface area contributed by atoms with Gasteiger partial charge in [-0.1, -0.05) is 0 Å². The van der Waals surface area contributed by atoms with Crippen LogP contribution in [0.4, 0.5) is 13.2 Å². The number of aromatic nitrogens is 1. The summed E-state index contributed by atoms with van der Waals surface area (Å²) in [5, 5.41) is 1.98. The first-order valence-electron chi connectivity index (χ1n) is 8.25. The van der Waals surface area contributed by atoms with Gasteiger partial charge in [-0.25, -0.2) is 0 Å². The van der Waals surface area contributed by atoms with Crippen LogP contribution in [0.5, 0.6) is 0 Å². The van der Waals surface area contributed by atoms with E-state index in [-0.39, 0.29) is 5.91 Å². The standard InChI is InChI=1S/C18H18F3N3O2/c19-18(20,21)17(26)22-14-7-11-24(12-8-14)16(25)13-3-5-15(6-4-13)23-9-1-2-10-23/h1-6,9-10,14H,7-8,11-12H2,(H,22,26). The molecule has 1 aromatic heterocycles. The van der Waals surface area contributed by atoms with Crippen LogP contribution in [-0.4, -0.2) is 46.6 Å². The number of benzene rings is 1. The third-order valence-corrected chi connectivity index (χ3v) is 4.39. The Kier molecular flexibility index (Phi) is 5.01. The summed E-state index contributed by atoms with van der Waals surface area (Å²) in [6.45, 7) is 0.613. The van der Waals surface area contributed by atoms with Crippen LogP contribution in [0.1, 0.15) is 23.2 Å². The Labute approximate surface area is 148 Å². The maximum Gasteiger partial charge on any atom is 0.471 e. The van der Waals surface area contributed by atoms with Crippen LogP contribution in [0.2, 0.25) is 0 Å². The van der Waals surface area contributed by atoms with E-state index < -0.39 is 18.1 Å². The van der Waals surface area contributed by atoms with Gasteiger partial charge >= 0.3 is 12.1 Å². The van der Waals surface area contributed by atoms with E-state index in [1.165, 1.54) is 0 Å². The van der Waals surface area contributed by atoms with E-state index in [4.69, 9.17) is 0 Å². The minimum atomic E-state index is -4.88. The molecule has 1 aliphatic heterocycles. The maximum absolute atomic E-state index is 12.5. The van der Waals surface area contributed by atoms with E-state index in [1.54, 1.807) is 17.0 Å². The lowest BCUT2D eigenvalue weighted by atomic mass is 10.0. The summed E-state index contributed by atoms with van der Waals surface area (Å²) in [5.41, 5.74) is 1.46. The lowest BCUT2D eigenvalue weighted by Crippen LogP contribution is -2.49. The molecule has 1 aliphatic rings. The number of nitrogens with zero attached hydrogens (tertiary/aromatic N) is 2. The normalized spacial score (nSPS) is 15.7. The van der Waals surface area contributed by atoms with Crippen LogP contribution in [0.25, 0.3) is 5.69 Å². The molecule has 1 saturated heterocycles. The smallest absolute Gasteiger partial charge is 0.345 e. The molecule has 0 unspecified atom stereocenters. The van der Waals surface area contributed by atoms with Gasteiger partial charge in [0.05, 0.1) is 0 Å². The number of amides is 2. The SMILES string of the molecule is O=C(c1ccc(-n2cccc2)cc1)N1CCC(NC(=O)C(F)(F)F)CC1. The average Bonchev–Trinajstić information content (AvgIpc) is 3.16. The summed E-state index contributed by atoms with van der Waals surface area (Å²) in [5.74, 6) is -2.09. The second-order valence-electron chi connectivity index (χ2n) is 6.17. The molecule has 1 N–H and O–H groups in total. The highest BCUT2D eigenvalue weighted by Crippen LogP contribution is 2.19. The van der Waals surface area contributed by atoms with Gasteiger partial charge in [0.2, 0.25) is 0 Å². The zero-order valence-electron chi connectivity index (χ0n) is 13.9. The molecule has 8 heteroatoms. The van der Waals surface area contributed by atoms with Crippen LogP contribution < -0.4 is 5.32 Å². The van der Waals surface area contributed by atoms with Gasteiger partial charge in [0.25, 0.3) is 5.91 Å². The van der Waals surface area contributed by atoms with Crippen molar-refractivity contribution < 1.29 is 22.8 Å². The molecule has 0 atom stereocenters. The highest BCUT2D eigenvalue weighted by atomic mass is 19.4. The number of halogens is 3. The highest BCUT2D eigenvalue weighted by Gasteiger charge is 2.40. The number of carbonyl (C=O) groups excluding carboxylic acids is 2. The number of piperidine rings is 1. The summed E-state index contributed by atoms with van der Waals surface area (Å²) in [7, 11) is 0. The second-order valence-corrected chi connectivity index (χ2v) is 6.17. The minimum Gasteiger partial charge on any atom is -0.345 e. The molecule has 2 amide bonds. The van der Waals surface area contributed by atoms with Gasteiger partial charge < -0.3 is 14.8 Å². The Morgan fingerprint density at radius 1 is 1.00 bits per heavy atom. The molecule has 0 spiro atoms. The van der Waals surface area contributed by atoms with Crippen LogP contribution in [0.15, 0.2) is 48.8 Å². The Morgan fingerprint density at radius 3 is 2.12 bits per heavy atom. The number of rotatable bonds is 3. The summed E-state index contributed by atoms with van der Waals surface area (Å²) < 4.78 is 38.8. The summed E-state index contributed by atoms with van der Waals surface area (Å²) >= 11 is 0. The van der Waals surface area contributed by atoms with Gasteiger partial charge in [-0.05, 0) is 49.2 Å². The van der Waals surface area contributed by atoms with Crippen molar-refractivity contribution in [2.45, 2.75) is 25.1 Å². The van der Waals surface area contributed by atoms with Crippen LogP contribution >= 0.6 is 0 Å². The molecular weight excluding hydrogens is 347 g/mol. The largest absolute Gasteiger partial charge is 0.471 e. The number of hydrogen-bond donors (Lipinski definition) is 1. The van der Waals surface area contributed by atoms with E-state index in [0.717, 1.165) is 5.69 Å². The van der Waals surface area contributed by atoms with E-state index in [2.05, 4.69) is 0 Å². The third-order valence-electron chi connectivity index (χ3n) is 4.39. The first kappa shape index (κ1) is 18.0. The Balaban J connectivity index is 1.56. The van der Waals surface area contributed by atoms with Crippen molar-refractivity contribution >= 4 is 11.8 Å². The van der Waals surface area contributed by atoms with Gasteiger partial charge in [-0.3, -0.25) is 9.59 Å². The number of likely N-dealkylation sites (tertiary alicyclic amines) is 1. The molecule has 3 rings (SSSR count). The first-order valence-corrected chi connectivity index (χ1v) is 8.25. The zero-order chi connectivity index (χ0) is 18.7. The van der Waals surface area contributed by atoms with Crippen LogP contribution in [0.3, 0.4) is 0 Å². The maximum atomic E-state index is 12.5. The molecule has 5 nitrogen and oxygen atoms in total. The van der Waals surface area contributed by atoms with E-state index in [0.29, 0.717) is 31.5 Å². The van der Waals surface area contributed by atoms with Crippen molar-refractivity contribution in [3.05, 3.63) is 54.4 Å². The molecule has 0 radical (unpaired) electrons. The van der Waals surface area contributed by atoms with Crippen molar-refractivity contribution in [2.24, 2.45) is 0 Å². The fraction of sp³-hybridized carbons (Fsp3) is 0.333. The number of hydrogen-bond acceptors (Lipinski definition) is 2. The fourth-order valence-corrected chi connectivity index (χ4v) is 2.96. The molecule has 1 aromatic carbocycles. The summed E-state index contributed by atoms with van der Waals surface area (Å²) in [6.07, 6.45) is -0.480. The fourth-order valence-electron chi connectivity index (χ4n) is 2.96. The van der Waals surface area contributed by atoms with Gasteiger partial charge in [0.15, 0.2) is 0 Å². The predicted molar refractivity (Wildman–Crippen MR) is 88.9 cm³/mol. The molecular formula is C18H18F3N3O2. The topological polar surface area (TPSA) is 54.3 Å². The lowest BCUT2D eigenvalue weighted by Gasteiger charge is -2.32. The monoisotopic (exact) mass is 365 g/mol. The predicted octanol–water partition coefficient (Wildman–Crippen LogP) is 2.76. The quantitative estimate of drug-likeness (QED) is 0.909. The Hall–Kier alpha value is -2.77. The van der Waals surface area contributed by atoms with Crippen LogP contribution in [0, 0.1) is 0 Å². The van der Waals surface area contributed by atoms with Crippen molar-refractivity contribution in [2.75, 3.05) is 13.1 Å². The second kappa shape index (κ2) is 7.23. The minimum absolute atomic E-state index is 0.162. The van der Waals surface area contributed by atoms with Gasteiger partial charge in [-0.2, -0.15) is 13.2 Å². The number of nitrogens with one attached hydrogen (secondary N) is 1. The highest BCUT2D eigenvalue weighted by molar-refractivity contribution is 5.94. The Morgan fingerprint density at radius 2 is 1.58 bits per heavy atom. The van der Waals surface area contributed by atoms with Crippen molar-refractivity contribution in [3.63, 3.8) is 0 Å². The summed E-state index contributed by atoms with van der Waals surface area (Å²) in [6, 6.07) is 10.4. The average molecular weight is 365 g/mol. The van der Waals surface area contributed by atoms with Gasteiger partial charge in [-0.15, -0.1) is 0 Å². The van der Waals surface area contributed by atoms with E-state index in [1.807, 2.05) is 46.5 Å². The zero-order valence-corrected chi connectivity index (χ0v) is 13.9. The van der Waals surface area contributed by atoms with Crippen molar-refractivity contribution in [1.29, 1.82) is 0 Å². The van der Waals surface area contributed by atoms with Crippen molar-refractivity contribution in [3.8, 4) is 5.69 Å². The van der Waals surface area contributed by atoms with E-state index >= 15 is 0 Å². The molecule has 2 aromatic rings. The first-order chi connectivity index (χ1) is 12.3. The summed E-state index contributed by atoms with van der Waals surface area (Å²) in [4.78, 5) is 25.1. The number of alkyl halides is 3. The van der Waals surface area contributed by atoms with Gasteiger partial charge in [0.1, 0.15) is 0 Å². The molecule has 138 valence electrons. The molecule has 1 fully saturated rings. The van der Waals surface area contributed by atoms with Crippen LogP contribution in [-0.2, 0) is 4.79 Å².